The van der Waals surface area contributed by atoms with Crippen LogP contribution in [0.15, 0.2) is 24.7 Å². The number of carbonyl (C=O) groups excluding carboxylic acids is 1. The number of aromatic nitrogens is 3. The molecule has 0 saturated carbocycles. The SMILES string of the molecule is CCc1nccn1C1CCCN(c2ncc(C(=O)OC)cc2[N+](=O)[O-])C1. The number of piperidine rings is 1. The van der Waals surface area contributed by atoms with Gasteiger partial charge in [-0.1, -0.05) is 6.92 Å². The van der Waals surface area contributed by atoms with Crippen molar-refractivity contribution in [1.29, 1.82) is 0 Å². The van der Waals surface area contributed by atoms with Crippen LogP contribution in [-0.2, 0) is 11.2 Å². The van der Waals surface area contributed by atoms with Crippen molar-refractivity contribution >= 4 is 17.5 Å². The van der Waals surface area contributed by atoms with Gasteiger partial charge in [-0.25, -0.2) is 14.8 Å². The molecule has 26 heavy (non-hydrogen) atoms. The number of carbonyl (C=O) groups is 1. The molecule has 9 nitrogen and oxygen atoms in total. The van der Waals surface area contributed by atoms with E-state index in [0.29, 0.717) is 13.1 Å². The number of aryl methyl sites for hydroxylation is 1. The van der Waals surface area contributed by atoms with Crippen molar-refractivity contribution in [3.8, 4) is 0 Å². The van der Waals surface area contributed by atoms with Gasteiger partial charge in [-0.15, -0.1) is 0 Å². The predicted octanol–water partition coefficient (Wildman–Crippen LogP) is 2.38. The molecule has 0 N–H and O–H groups in total. The third-order valence-corrected chi connectivity index (χ3v) is 4.62. The van der Waals surface area contributed by atoms with Crippen molar-refractivity contribution in [1.82, 2.24) is 14.5 Å². The average Bonchev–Trinajstić information content (AvgIpc) is 3.15. The molecule has 3 heterocycles. The van der Waals surface area contributed by atoms with Crippen LogP contribution in [0.1, 0.15) is 42.0 Å². The van der Waals surface area contributed by atoms with E-state index < -0.39 is 10.9 Å². The van der Waals surface area contributed by atoms with Gasteiger partial charge in [0.15, 0.2) is 0 Å². The molecule has 9 heteroatoms. The van der Waals surface area contributed by atoms with Crippen LogP contribution in [0.25, 0.3) is 0 Å². The van der Waals surface area contributed by atoms with E-state index in [4.69, 9.17) is 0 Å². The van der Waals surface area contributed by atoms with E-state index >= 15 is 0 Å². The molecule has 1 atom stereocenters. The Bertz CT molecular complexity index is 819. The summed E-state index contributed by atoms with van der Waals surface area (Å²) in [6.07, 6.45) is 7.76. The topological polar surface area (TPSA) is 103 Å². The molecule has 1 fully saturated rings. The zero-order valence-electron chi connectivity index (χ0n) is 14.8. The van der Waals surface area contributed by atoms with Crippen molar-refractivity contribution in [3.05, 3.63) is 46.2 Å². The van der Waals surface area contributed by atoms with Crippen LogP contribution in [0, 0.1) is 10.1 Å². The highest BCUT2D eigenvalue weighted by Crippen LogP contribution is 2.32. The smallest absolute Gasteiger partial charge is 0.339 e. The lowest BCUT2D eigenvalue weighted by Gasteiger charge is -2.34. The van der Waals surface area contributed by atoms with E-state index in [1.807, 2.05) is 11.1 Å². The lowest BCUT2D eigenvalue weighted by Crippen LogP contribution is -2.37. The number of rotatable bonds is 5. The van der Waals surface area contributed by atoms with Gasteiger partial charge in [0.05, 0.1) is 23.6 Å². The second kappa shape index (κ2) is 7.51. The van der Waals surface area contributed by atoms with Crippen LogP contribution in [0.4, 0.5) is 11.5 Å². The molecule has 0 aromatic carbocycles. The van der Waals surface area contributed by atoms with Crippen molar-refractivity contribution < 1.29 is 14.5 Å². The molecule has 0 radical (unpaired) electrons. The van der Waals surface area contributed by atoms with Gasteiger partial charge in [0.2, 0.25) is 5.82 Å². The molecule has 3 rings (SSSR count). The molecule has 1 saturated heterocycles. The summed E-state index contributed by atoms with van der Waals surface area (Å²) in [5.41, 5.74) is -0.116. The molecular formula is C17H21N5O4. The van der Waals surface area contributed by atoms with Crippen LogP contribution < -0.4 is 4.90 Å². The largest absolute Gasteiger partial charge is 0.465 e. The number of ether oxygens (including phenoxy) is 1. The van der Waals surface area contributed by atoms with Gasteiger partial charge in [-0.3, -0.25) is 10.1 Å². The lowest BCUT2D eigenvalue weighted by molar-refractivity contribution is -0.384. The molecule has 1 unspecified atom stereocenters. The number of hydrogen-bond acceptors (Lipinski definition) is 7. The summed E-state index contributed by atoms with van der Waals surface area (Å²) in [7, 11) is 1.23. The van der Waals surface area contributed by atoms with Gasteiger partial charge in [0.25, 0.3) is 0 Å². The highest BCUT2D eigenvalue weighted by atomic mass is 16.6. The Balaban J connectivity index is 1.90. The van der Waals surface area contributed by atoms with E-state index in [2.05, 4.69) is 26.2 Å². The summed E-state index contributed by atoms with van der Waals surface area (Å²) >= 11 is 0. The quantitative estimate of drug-likeness (QED) is 0.458. The van der Waals surface area contributed by atoms with Gasteiger partial charge >= 0.3 is 11.7 Å². The first-order valence-electron chi connectivity index (χ1n) is 8.54. The minimum atomic E-state index is -0.644. The maximum Gasteiger partial charge on any atom is 0.339 e. The summed E-state index contributed by atoms with van der Waals surface area (Å²) in [5, 5.41) is 11.5. The van der Waals surface area contributed by atoms with Crippen LogP contribution >= 0.6 is 0 Å². The molecule has 0 bridgehead atoms. The first kappa shape index (κ1) is 17.8. The van der Waals surface area contributed by atoms with E-state index in [-0.39, 0.29) is 23.1 Å². The Labute approximate surface area is 150 Å². The summed E-state index contributed by atoms with van der Waals surface area (Å²) in [6, 6.07) is 1.41. The Hall–Kier alpha value is -2.97. The Morgan fingerprint density at radius 3 is 2.96 bits per heavy atom. The summed E-state index contributed by atoms with van der Waals surface area (Å²) in [4.78, 5) is 33.1. The standard InChI is InChI=1S/C17H21N5O4/c1-3-15-18-6-8-21(15)13-5-4-7-20(11-13)16-14(22(24)25)9-12(10-19-16)17(23)26-2/h6,8-10,13H,3-5,7,11H2,1-2H3. The molecular weight excluding hydrogens is 338 g/mol. The molecule has 2 aromatic rings. The Morgan fingerprint density at radius 1 is 1.46 bits per heavy atom. The highest BCUT2D eigenvalue weighted by molar-refractivity contribution is 5.90. The second-order valence-electron chi connectivity index (χ2n) is 6.16. The summed E-state index contributed by atoms with van der Waals surface area (Å²) in [6.45, 7) is 3.34. The zero-order chi connectivity index (χ0) is 18.7. The van der Waals surface area contributed by atoms with Crippen molar-refractivity contribution in [2.75, 3.05) is 25.1 Å². The first-order chi connectivity index (χ1) is 12.5. The summed E-state index contributed by atoms with van der Waals surface area (Å²) < 4.78 is 6.76. The Kier molecular flexibility index (Phi) is 5.15. The number of esters is 1. The average molecular weight is 359 g/mol. The molecule has 0 amide bonds. The molecule has 0 aliphatic carbocycles. The predicted molar refractivity (Wildman–Crippen MR) is 94.3 cm³/mol. The number of nitro groups is 1. The number of methoxy groups -OCH3 is 1. The third kappa shape index (κ3) is 3.37. The molecule has 2 aromatic heterocycles. The second-order valence-corrected chi connectivity index (χ2v) is 6.16. The van der Waals surface area contributed by atoms with Gasteiger partial charge in [0.1, 0.15) is 5.82 Å². The maximum absolute atomic E-state index is 11.6. The normalized spacial score (nSPS) is 17.2. The number of hydrogen-bond donors (Lipinski definition) is 0. The first-order valence-corrected chi connectivity index (χ1v) is 8.54. The number of imidazole rings is 1. The van der Waals surface area contributed by atoms with Crippen LogP contribution in [0.3, 0.4) is 0 Å². The minimum Gasteiger partial charge on any atom is -0.465 e. The van der Waals surface area contributed by atoms with E-state index in [1.54, 1.807) is 6.20 Å². The lowest BCUT2D eigenvalue weighted by atomic mass is 10.0. The van der Waals surface area contributed by atoms with Crippen molar-refractivity contribution in [2.45, 2.75) is 32.2 Å². The van der Waals surface area contributed by atoms with Crippen LogP contribution in [-0.4, -0.2) is 45.6 Å². The Morgan fingerprint density at radius 2 is 2.27 bits per heavy atom. The maximum atomic E-state index is 11.6. The fourth-order valence-corrected chi connectivity index (χ4v) is 3.38. The monoisotopic (exact) mass is 359 g/mol. The van der Waals surface area contributed by atoms with Crippen LogP contribution in [0.5, 0.6) is 0 Å². The highest BCUT2D eigenvalue weighted by Gasteiger charge is 2.29. The molecule has 1 aliphatic heterocycles. The van der Waals surface area contributed by atoms with E-state index in [0.717, 1.165) is 25.1 Å². The number of pyridine rings is 1. The molecule has 1 aliphatic rings. The number of anilines is 1. The summed E-state index contributed by atoms with van der Waals surface area (Å²) in [5.74, 6) is 0.639. The van der Waals surface area contributed by atoms with Gasteiger partial charge in [-0.05, 0) is 12.8 Å². The zero-order valence-corrected chi connectivity index (χ0v) is 14.8. The van der Waals surface area contributed by atoms with Gasteiger partial charge in [-0.2, -0.15) is 0 Å². The van der Waals surface area contributed by atoms with E-state index in [1.165, 1.54) is 19.4 Å². The molecule has 138 valence electrons. The van der Waals surface area contributed by atoms with E-state index in [9.17, 15) is 14.9 Å². The fraction of sp³-hybridized carbons (Fsp3) is 0.471. The minimum absolute atomic E-state index is 0.0689. The van der Waals surface area contributed by atoms with Gasteiger partial charge in [0, 0.05) is 44.2 Å². The fourth-order valence-electron chi connectivity index (χ4n) is 3.38. The number of nitrogens with zero attached hydrogens (tertiary/aromatic N) is 5. The van der Waals surface area contributed by atoms with Crippen LogP contribution in [0.2, 0.25) is 0 Å². The van der Waals surface area contributed by atoms with Gasteiger partial charge < -0.3 is 14.2 Å². The van der Waals surface area contributed by atoms with Crippen molar-refractivity contribution in [3.63, 3.8) is 0 Å². The third-order valence-electron chi connectivity index (χ3n) is 4.62. The molecule has 0 spiro atoms. The van der Waals surface area contributed by atoms with Crippen molar-refractivity contribution in [2.24, 2.45) is 0 Å².